The molecule has 1 fully saturated rings. The van der Waals surface area contributed by atoms with Gasteiger partial charge >= 0.3 is 0 Å². The molecule has 1 aromatic rings. The maximum absolute atomic E-state index is 13.7. The van der Waals surface area contributed by atoms with Crippen molar-refractivity contribution in [3.8, 4) is 0 Å². The Bertz CT molecular complexity index is 616. The molecule has 1 aromatic carbocycles. The summed E-state index contributed by atoms with van der Waals surface area (Å²) >= 11 is 0. The molecule has 1 saturated heterocycles. The van der Waals surface area contributed by atoms with Gasteiger partial charge in [0.15, 0.2) is 5.96 Å². The van der Waals surface area contributed by atoms with E-state index in [9.17, 15) is 8.78 Å². The van der Waals surface area contributed by atoms with E-state index in [1.165, 1.54) is 12.1 Å². The van der Waals surface area contributed by atoms with Crippen LogP contribution in [0.5, 0.6) is 0 Å². The van der Waals surface area contributed by atoms with Gasteiger partial charge in [0, 0.05) is 44.8 Å². The summed E-state index contributed by atoms with van der Waals surface area (Å²) in [7, 11) is 0. The van der Waals surface area contributed by atoms with Crippen LogP contribution in [0.3, 0.4) is 0 Å². The van der Waals surface area contributed by atoms with Crippen LogP contribution in [0, 0.1) is 11.6 Å². The first-order valence-electron chi connectivity index (χ1n) is 10.3. The van der Waals surface area contributed by atoms with E-state index >= 15 is 0 Å². The number of nitrogens with zero attached hydrogens (tertiary/aromatic N) is 2. The first-order valence-corrected chi connectivity index (χ1v) is 10.3. The normalized spacial score (nSPS) is 16.6. The molecular formula is C21H34F2N4O. The summed E-state index contributed by atoms with van der Waals surface area (Å²) in [6.07, 6.45) is 2.83. The van der Waals surface area contributed by atoms with Gasteiger partial charge in [-0.1, -0.05) is 6.07 Å². The lowest BCUT2D eigenvalue weighted by Gasteiger charge is -2.33. The summed E-state index contributed by atoms with van der Waals surface area (Å²) in [6, 6.07) is 4.07. The van der Waals surface area contributed by atoms with Gasteiger partial charge in [-0.05, 0) is 51.7 Å². The largest absolute Gasteiger partial charge is 0.377 e. The number of rotatable bonds is 9. The van der Waals surface area contributed by atoms with Crippen molar-refractivity contribution in [3.63, 3.8) is 0 Å². The Balaban J connectivity index is 1.76. The quantitative estimate of drug-likeness (QED) is 0.498. The van der Waals surface area contributed by atoms with E-state index in [1.54, 1.807) is 0 Å². The summed E-state index contributed by atoms with van der Waals surface area (Å²) in [6.45, 7) is 11.2. The van der Waals surface area contributed by atoms with E-state index in [4.69, 9.17) is 4.74 Å². The minimum atomic E-state index is -0.554. The zero-order valence-electron chi connectivity index (χ0n) is 17.3. The van der Waals surface area contributed by atoms with Crippen LogP contribution in [-0.4, -0.2) is 62.3 Å². The molecule has 0 radical (unpaired) electrons. The molecule has 0 amide bonds. The van der Waals surface area contributed by atoms with Crippen LogP contribution in [0.15, 0.2) is 23.2 Å². The molecule has 28 heavy (non-hydrogen) atoms. The van der Waals surface area contributed by atoms with Crippen LogP contribution in [-0.2, 0) is 11.2 Å². The Morgan fingerprint density at radius 3 is 2.68 bits per heavy atom. The van der Waals surface area contributed by atoms with Crippen LogP contribution < -0.4 is 10.6 Å². The van der Waals surface area contributed by atoms with Crippen molar-refractivity contribution >= 4 is 5.96 Å². The van der Waals surface area contributed by atoms with Crippen LogP contribution >= 0.6 is 0 Å². The van der Waals surface area contributed by atoms with Crippen LogP contribution in [0.1, 0.15) is 39.2 Å². The number of aliphatic imine (C=N–C) groups is 1. The van der Waals surface area contributed by atoms with Crippen LogP contribution in [0.25, 0.3) is 0 Å². The van der Waals surface area contributed by atoms with Gasteiger partial charge in [0.05, 0.1) is 12.7 Å². The molecule has 2 rings (SSSR count). The number of likely N-dealkylation sites (tertiary alicyclic amines) is 1. The fourth-order valence-corrected chi connectivity index (χ4v) is 3.24. The number of ether oxygens (including phenoxy) is 1. The molecule has 0 saturated carbocycles. The number of hydrogen-bond acceptors (Lipinski definition) is 3. The molecule has 2 N–H and O–H groups in total. The second kappa shape index (κ2) is 12.0. The van der Waals surface area contributed by atoms with Gasteiger partial charge < -0.3 is 20.3 Å². The van der Waals surface area contributed by atoms with Crippen molar-refractivity contribution in [1.29, 1.82) is 0 Å². The van der Waals surface area contributed by atoms with E-state index in [1.807, 2.05) is 6.92 Å². The van der Waals surface area contributed by atoms with Crippen molar-refractivity contribution in [2.24, 2.45) is 4.99 Å². The zero-order chi connectivity index (χ0) is 20.4. The minimum Gasteiger partial charge on any atom is -0.377 e. The Morgan fingerprint density at radius 1 is 1.29 bits per heavy atom. The summed E-state index contributed by atoms with van der Waals surface area (Å²) < 4.78 is 32.4. The zero-order valence-corrected chi connectivity index (χ0v) is 17.3. The molecule has 1 aliphatic heterocycles. The number of nitrogens with one attached hydrogen (secondary N) is 2. The van der Waals surface area contributed by atoms with Gasteiger partial charge in [-0.3, -0.25) is 4.99 Å². The predicted molar refractivity (Wildman–Crippen MR) is 110 cm³/mol. The molecule has 0 aromatic heterocycles. The fourth-order valence-electron chi connectivity index (χ4n) is 3.24. The van der Waals surface area contributed by atoms with Crippen molar-refractivity contribution in [1.82, 2.24) is 15.5 Å². The molecule has 5 nitrogen and oxygen atoms in total. The number of piperidine rings is 1. The van der Waals surface area contributed by atoms with Crippen LogP contribution in [0.2, 0.25) is 0 Å². The lowest BCUT2D eigenvalue weighted by atomic mass is 10.1. The smallest absolute Gasteiger partial charge is 0.191 e. The third-order valence-electron chi connectivity index (χ3n) is 4.80. The molecule has 1 aliphatic rings. The van der Waals surface area contributed by atoms with E-state index < -0.39 is 11.6 Å². The van der Waals surface area contributed by atoms with Crippen molar-refractivity contribution in [2.45, 2.75) is 52.2 Å². The number of hydrogen-bond donors (Lipinski definition) is 2. The maximum Gasteiger partial charge on any atom is 0.191 e. The van der Waals surface area contributed by atoms with Gasteiger partial charge in [0.2, 0.25) is 0 Å². The molecule has 1 heterocycles. The Labute approximate surface area is 167 Å². The average Bonchev–Trinajstić information content (AvgIpc) is 2.65. The average molecular weight is 397 g/mol. The lowest BCUT2D eigenvalue weighted by molar-refractivity contribution is 0.0532. The third kappa shape index (κ3) is 8.10. The van der Waals surface area contributed by atoms with E-state index in [0.29, 0.717) is 24.6 Å². The highest BCUT2D eigenvalue weighted by atomic mass is 19.1. The van der Waals surface area contributed by atoms with Gasteiger partial charge in [0.25, 0.3) is 0 Å². The van der Waals surface area contributed by atoms with Crippen molar-refractivity contribution in [2.75, 3.05) is 39.3 Å². The van der Waals surface area contributed by atoms with Crippen molar-refractivity contribution < 1.29 is 13.5 Å². The summed E-state index contributed by atoms with van der Waals surface area (Å²) in [5.74, 6) is -0.310. The summed E-state index contributed by atoms with van der Waals surface area (Å²) in [4.78, 5) is 6.99. The van der Waals surface area contributed by atoms with Crippen molar-refractivity contribution in [3.05, 3.63) is 35.4 Å². The molecular weight excluding hydrogens is 362 g/mol. The highest BCUT2D eigenvalue weighted by molar-refractivity contribution is 5.80. The second-order valence-electron chi connectivity index (χ2n) is 7.43. The Morgan fingerprint density at radius 2 is 2.04 bits per heavy atom. The third-order valence-corrected chi connectivity index (χ3v) is 4.80. The fraction of sp³-hybridized carbons (Fsp3) is 0.667. The SMILES string of the molecule is CCNC(=NCCc1ccc(F)cc1F)NC1CCN(CCOC(C)C)CC1. The maximum atomic E-state index is 13.7. The Hall–Kier alpha value is -1.73. The molecule has 0 atom stereocenters. The van der Waals surface area contributed by atoms with Gasteiger partial charge in [-0.25, -0.2) is 8.78 Å². The van der Waals surface area contributed by atoms with E-state index in [-0.39, 0.29) is 6.10 Å². The van der Waals surface area contributed by atoms with Gasteiger partial charge in [0.1, 0.15) is 11.6 Å². The summed E-state index contributed by atoms with van der Waals surface area (Å²) in [5, 5.41) is 6.74. The number of guanidine groups is 1. The predicted octanol–water partition coefficient (Wildman–Crippen LogP) is 2.95. The van der Waals surface area contributed by atoms with Gasteiger partial charge in [-0.15, -0.1) is 0 Å². The monoisotopic (exact) mass is 396 g/mol. The highest BCUT2D eigenvalue weighted by Gasteiger charge is 2.19. The molecule has 158 valence electrons. The Kier molecular flexibility index (Phi) is 9.64. The molecule has 0 spiro atoms. The highest BCUT2D eigenvalue weighted by Crippen LogP contribution is 2.11. The number of benzene rings is 1. The second-order valence-corrected chi connectivity index (χ2v) is 7.43. The number of halogens is 2. The van der Waals surface area contributed by atoms with E-state index in [2.05, 4.69) is 34.4 Å². The van der Waals surface area contributed by atoms with Gasteiger partial charge in [-0.2, -0.15) is 0 Å². The topological polar surface area (TPSA) is 48.9 Å². The van der Waals surface area contributed by atoms with E-state index in [0.717, 1.165) is 57.7 Å². The minimum absolute atomic E-state index is 0.279. The molecule has 0 bridgehead atoms. The first-order chi connectivity index (χ1) is 13.5. The molecule has 0 unspecified atom stereocenters. The standard InChI is InChI=1S/C21H34F2N4O/c1-4-24-21(25-10-7-17-5-6-18(22)15-20(17)23)26-19-8-11-27(12-9-19)13-14-28-16(2)3/h5-6,15-16,19H,4,7-14H2,1-3H3,(H2,24,25,26). The lowest BCUT2D eigenvalue weighted by Crippen LogP contribution is -2.49. The molecule has 7 heteroatoms. The first kappa shape index (κ1) is 22.6. The summed E-state index contributed by atoms with van der Waals surface area (Å²) in [5.41, 5.74) is 0.484. The molecule has 0 aliphatic carbocycles. The van der Waals surface area contributed by atoms with Crippen LogP contribution in [0.4, 0.5) is 8.78 Å².